The van der Waals surface area contributed by atoms with Crippen molar-refractivity contribution in [3.05, 3.63) is 42.0 Å². The Labute approximate surface area is 148 Å². The molecule has 5 rings (SSSR count). The summed E-state index contributed by atoms with van der Waals surface area (Å²) < 4.78 is 16.4. The van der Waals surface area contributed by atoms with Crippen LogP contribution in [0, 0.1) is 12.7 Å². The van der Waals surface area contributed by atoms with Crippen LogP contribution in [0.15, 0.2) is 30.5 Å². The minimum atomic E-state index is -0.374. The molecule has 0 bridgehead atoms. The molecule has 26 heavy (non-hydrogen) atoms. The number of hydrogen-bond acceptors (Lipinski definition) is 5. The Hall–Kier alpha value is -2.87. The maximum atomic E-state index is 14.7. The van der Waals surface area contributed by atoms with Crippen molar-refractivity contribution >= 4 is 16.7 Å². The molecule has 4 aromatic rings. The van der Waals surface area contributed by atoms with Gasteiger partial charge in [-0.2, -0.15) is 15.0 Å². The highest BCUT2D eigenvalue weighted by atomic mass is 19.1. The van der Waals surface area contributed by atoms with Crippen LogP contribution in [-0.4, -0.2) is 42.7 Å². The number of benzene rings is 1. The van der Waals surface area contributed by atoms with E-state index in [-0.39, 0.29) is 11.9 Å². The molecule has 0 saturated carbocycles. The molecule has 1 N–H and O–H groups in total. The third kappa shape index (κ3) is 2.53. The predicted molar refractivity (Wildman–Crippen MR) is 95.3 cm³/mol. The molecule has 0 spiro atoms. The van der Waals surface area contributed by atoms with Gasteiger partial charge in [0.05, 0.1) is 23.6 Å². The van der Waals surface area contributed by atoms with Crippen LogP contribution in [0.3, 0.4) is 0 Å². The van der Waals surface area contributed by atoms with Gasteiger partial charge in [-0.15, -0.1) is 5.10 Å². The van der Waals surface area contributed by atoms with Crippen molar-refractivity contribution in [3.8, 4) is 11.3 Å². The molecule has 132 valence electrons. The minimum Gasteiger partial charge on any atom is -0.317 e. The molecule has 0 radical (unpaired) electrons. The van der Waals surface area contributed by atoms with Crippen molar-refractivity contribution in [2.24, 2.45) is 0 Å². The summed E-state index contributed by atoms with van der Waals surface area (Å²) in [6, 6.07) is 7.26. The molecule has 0 aliphatic carbocycles. The van der Waals surface area contributed by atoms with Gasteiger partial charge in [0, 0.05) is 5.56 Å². The maximum absolute atomic E-state index is 14.7. The highest BCUT2D eigenvalue weighted by Gasteiger charge is 2.19. The van der Waals surface area contributed by atoms with Gasteiger partial charge in [-0.05, 0) is 57.1 Å². The van der Waals surface area contributed by atoms with Gasteiger partial charge in [0.1, 0.15) is 11.0 Å². The number of aromatic nitrogens is 6. The van der Waals surface area contributed by atoms with E-state index in [1.807, 2.05) is 31.3 Å². The van der Waals surface area contributed by atoms with E-state index in [1.54, 1.807) is 9.31 Å². The summed E-state index contributed by atoms with van der Waals surface area (Å²) in [5.41, 5.74) is 3.88. The van der Waals surface area contributed by atoms with Gasteiger partial charge in [-0.3, -0.25) is 0 Å². The van der Waals surface area contributed by atoms with Crippen molar-refractivity contribution in [1.29, 1.82) is 0 Å². The topological polar surface area (TPSA) is 72.9 Å². The first-order valence-corrected chi connectivity index (χ1v) is 8.77. The van der Waals surface area contributed by atoms with Crippen LogP contribution in [-0.2, 0) is 0 Å². The molecule has 7 nitrogen and oxygen atoms in total. The largest absolute Gasteiger partial charge is 0.317 e. The third-order valence-electron chi connectivity index (χ3n) is 4.83. The number of hydrogen-bond donors (Lipinski definition) is 1. The van der Waals surface area contributed by atoms with Gasteiger partial charge in [-0.25, -0.2) is 13.9 Å². The van der Waals surface area contributed by atoms with Crippen LogP contribution in [0.1, 0.15) is 24.6 Å². The van der Waals surface area contributed by atoms with Crippen molar-refractivity contribution in [3.63, 3.8) is 0 Å². The van der Waals surface area contributed by atoms with Gasteiger partial charge >= 0.3 is 0 Å². The Morgan fingerprint density at radius 3 is 2.81 bits per heavy atom. The van der Waals surface area contributed by atoms with Gasteiger partial charge in [0.15, 0.2) is 11.5 Å². The highest BCUT2D eigenvalue weighted by molar-refractivity contribution is 5.80. The molecule has 1 aliphatic rings. The molecular weight excluding hydrogens is 333 g/mol. The van der Waals surface area contributed by atoms with Crippen LogP contribution in [0.5, 0.6) is 0 Å². The number of nitrogens with one attached hydrogen (secondary N) is 1. The number of halogens is 1. The van der Waals surface area contributed by atoms with Crippen LogP contribution < -0.4 is 5.32 Å². The molecule has 0 atom stereocenters. The quantitative estimate of drug-likeness (QED) is 0.601. The van der Waals surface area contributed by atoms with Crippen LogP contribution in [0.25, 0.3) is 27.9 Å². The van der Waals surface area contributed by atoms with E-state index in [2.05, 4.69) is 25.6 Å². The lowest BCUT2D eigenvalue weighted by atomic mass is 10.1. The summed E-state index contributed by atoms with van der Waals surface area (Å²) in [5.74, 6) is -0.374. The second-order valence-electron chi connectivity index (χ2n) is 6.73. The van der Waals surface area contributed by atoms with Gasteiger partial charge in [0.25, 0.3) is 0 Å². The minimum absolute atomic E-state index is 0.217. The Balaban J connectivity index is 1.58. The summed E-state index contributed by atoms with van der Waals surface area (Å²) in [6.07, 6.45) is 3.75. The summed E-state index contributed by atoms with van der Waals surface area (Å²) in [7, 11) is 0. The molecule has 1 aromatic carbocycles. The molecule has 0 unspecified atom stereocenters. The van der Waals surface area contributed by atoms with Gasteiger partial charge in [0.2, 0.25) is 0 Å². The fourth-order valence-corrected chi connectivity index (χ4v) is 3.50. The summed E-state index contributed by atoms with van der Waals surface area (Å²) in [4.78, 5) is 6.04. The fourth-order valence-electron chi connectivity index (χ4n) is 3.50. The van der Waals surface area contributed by atoms with Crippen molar-refractivity contribution in [1.82, 2.24) is 34.9 Å². The first-order valence-electron chi connectivity index (χ1n) is 8.77. The number of aryl methyl sites for hydroxylation is 1. The molecule has 1 fully saturated rings. The second kappa shape index (κ2) is 5.84. The standard InChI is InChI=1S/C18H18FN7/c1-11-10-25-17(21-11)3-2-15(22-25)12-8-14(19)18-16(9-12)23-26(24-18)13-4-6-20-7-5-13/h2-3,8-10,13,20H,4-7H2,1H3. The number of fused-ring (bicyclic) bond motifs is 2. The number of nitrogens with zero attached hydrogens (tertiary/aromatic N) is 6. The summed E-state index contributed by atoms with van der Waals surface area (Å²) in [5, 5.41) is 16.8. The van der Waals surface area contributed by atoms with Gasteiger partial charge < -0.3 is 5.32 Å². The molecule has 0 amide bonds. The molecule has 3 aromatic heterocycles. The van der Waals surface area contributed by atoms with Crippen molar-refractivity contribution in [2.45, 2.75) is 25.8 Å². The average Bonchev–Trinajstić information content (AvgIpc) is 3.24. The first-order chi connectivity index (χ1) is 12.7. The van der Waals surface area contributed by atoms with E-state index in [9.17, 15) is 4.39 Å². The monoisotopic (exact) mass is 351 g/mol. The fraction of sp³-hybridized carbons (Fsp3) is 0.333. The van der Waals surface area contributed by atoms with Crippen LogP contribution in [0.2, 0.25) is 0 Å². The van der Waals surface area contributed by atoms with Gasteiger partial charge in [-0.1, -0.05) is 0 Å². The van der Waals surface area contributed by atoms with E-state index >= 15 is 0 Å². The Kier molecular flexibility index (Phi) is 3.46. The average molecular weight is 351 g/mol. The lowest BCUT2D eigenvalue weighted by Crippen LogP contribution is -2.30. The Morgan fingerprint density at radius 1 is 1.12 bits per heavy atom. The van der Waals surface area contributed by atoms with E-state index < -0.39 is 0 Å². The lowest BCUT2D eigenvalue weighted by Gasteiger charge is -2.21. The third-order valence-corrected chi connectivity index (χ3v) is 4.83. The van der Waals surface area contributed by atoms with E-state index in [0.717, 1.165) is 37.3 Å². The van der Waals surface area contributed by atoms with E-state index in [1.165, 1.54) is 6.07 Å². The van der Waals surface area contributed by atoms with Crippen LogP contribution in [0.4, 0.5) is 4.39 Å². The molecule has 4 heterocycles. The van der Waals surface area contributed by atoms with E-state index in [0.29, 0.717) is 22.3 Å². The zero-order valence-electron chi connectivity index (χ0n) is 14.4. The van der Waals surface area contributed by atoms with Crippen molar-refractivity contribution < 1.29 is 4.39 Å². The summed E-state index contributed by atoms with van der Waals surface area (Å²) >= 11 is 0. The zero-order chi connectivity index (χ0) is 17.7. The Bertz CT molecular complexity index is 1110. The summed E-state index contributed by atoms with van der Waals surface area (Å²) in [6.45, 7) is 3.79. The smallest absolute Gasteiger partial charge is 0.153 e. The predicted octanol–water partition coefficient (Wildman–Crippen LogP) is 2.51. The molecule has 1 aliphatic heterocycles. The maximum Gasteiger partial charge on any atom is 0.153 e. The SMILES string of the molecule is Cc1cn2nc(-c3cc(F)c4nn(C5CCNCC5)nc4c3)ccc2n1. The number of piperidine rings is 1. The number of rotatable bonds is 2. The molecule has 8 heteroatoms. The first kappa shape index (κ1) is 15.4. The van der Waals surface area contributed by atoms with Crippen LogP contribution >= 0.6 is 0 Å². The lowest BCUT2D eigenvalue weighted by molar-refractivity contribution is 0.316. The Morgan fingerprint density at radius 2 is 1.96 bits per heavy atom. The highest BCUT2D eigenvalue weighted by Crippen LogP contribution is 2.26. The normalized spacial score (nSPS) is 15.9. The molecular formula is C18H18FN7. The van der Waals surface area contributed by atoms with Crippen molar-refractivity contribution in [2.75, 3.05) is 13.1 Å². The molecule has 1 saturated heterocycles. The zero-order valence-corrected chi connectivity index (χ0v) is 14.4. The van der Waals surface area contributed by atoms with E-state index in [4.69, 9.17) is 0 Å². The second-order valence-corrected chi connectivity index (χ2v) is 6.73. The number of imidazole rings is 1.